The maximum absolute atomic E-state index is 12.3. The van der Waals surface area contributed by atoms with E-state index < -0.39 is 0 Å². The van der Waals surface area contributed by atoms with Crippen molar-refractivity contribution < 1.29 is 14.3 Å². The van der Waals surface area contributed by atoms with E-state index in [0.29, 0.717) is 19.8 Å². The summed E-state index contributed by atoms with van der Waals surface area (Å²) in [4.78, 5) is 16.2. The molecule has 1 spiro atoms. The molecule has 1 aromatic rings. The minimum atomic E-state index is -0.370. The average molecular weight is 290 g/mol. The Labute approximate surface area is 125 Å². The van der Waals surface area contributed by atoms with Gasteiger partial charge in [0.1, 0.15) is 0 Å². The number of hydrogen-bond acceptors (Lipinski definition) is 4. The topological polar surface area (TPSA) is 42.0 Å². The van der Waals surface area contributed by atoms with Gasteiger partial charge in [0.15, 0.2) is 5.79 Å². The van der Waals surface area contributed by atoms with Gasteiger partial charge in [0.05, 0.1) is 19.8 Å². The van der Waals surface area contributed by atoms with E-state index in [0.717, 1.165) is 31.6 Å². The highest BCUT2D eigenvalue weighted by atomic mass is 16.7. The molecule has 0 unspecified atom stereocenters. The summed E-state index contributed by atoms with van der Waals surface area (Å²) in [5.41, 5.74) is 0.929. The molecule has 0 N–H and O–H groups in total. The highest BCUT2D eigenvalue weighted by Crippen LogP contribution is 2.31. The van der Waals surface area contributed by atoms with Gasteiger partial charge in [-0.05, 0) is 12.1 Å². The van der Waals surface area contributed by atoms with Crippen molar-refractivity contribution in [3.63, 3.8) is 0 Å². The van der Waals surface area contributed by atoms with E-state index in [9.17, 15) is 4.79 Å². The molecular weight excluding hydrogens is 268 g/mol. The quantitative estimate of drug-likeness (QED) is 0.846. The van der Waals surface area contributed by atoms with Crippen LogP contribution in [0.2, 0.25) is 0 Å². The highest BCUT2D eigenvalue weighted by Gasteiger charge is 2.40. The summed E-state index contributed by atoms with van der Waals surface area (Å²) >= 11 is 0. The van der Waals surface area contributed by atoms with Crippen molar-refractivity contribution in [1.82, 2.24) is 4.90 Å². The lowest BCUT2D eigenvalue weighted by atomic mass is 10.0. The molecule has 114 valence electrons. The number of rotatable bonds is 3. The zero-order chi connectivity index (χ0) is 14.7. The maximum Gasteiger partial charge on any atom is 0.240 e. The monoisotopic (exact) mass is 290 g/mol. The van der Waals surface area contributed by atoms with E-state index in [1.807, 2.05) is 37.4 Å². The van der Waals surface area contributed by atoms with Gasteiger partial charge in [0.2, 0.25) is 5.91 Å². The van der Waals surface area contributed by atoms with Gasteiger partial charge in [-0.3, -0.25) is 9.69 Å². The van der Waals surface area contributed by atoms with Gasteiger partial charge in [-0.2, -0.15) is 0 Å². The van der Waals surface area contributed by atoms with Gasteiger partial charge in [0, 0.05) is 38.7 Å². The number of ether oxygens (including phenoxy) is 2. The molecule has 1 amide bonds. The first-order valence-corrected chi connectivity index (χ1v) is 7.50. The summed E-state index contributed by atoms with van der Waals surface area (Å²) in [7, 11) is 1.83. The number of nitrogens with zero attached hydrogens (tertiary/aromatic N) is 2. The van der Waals surface area contributed by atoms with Crippen molar-refractivity contribution in [2.45, 2.75) is 18.6 Å². The number of likely N-dealkylation sites (N-methyl/N-ethyl adjacent to an activating group) is 1. The second-order valence-electron chi connectivity index (χ2n) is 5.67. The van der Waals surface area contributed by atoms with Crippen LogP contribution in [0, 0.1) is 0 Å². The fourth-order valence-electron chi connectivity index (χ4n) is 2.93. The summed E-state index contributed by atoms with van der Waals surface area (Å²) in [6.45, 7) is 3.51. The number of amides is 1. The fourth-order valence-corrected chi connectivity index (χ4v) is 2.93. The summed E-state index contributed by atoms with van der Waals surface area (Å²) < 4.78 is 11.4. The zero-order valence-electron chi connectivity index (χ0n) is 12.5. The normalized spacial score (nSPS) is 21.6. The molecule has 0 aromatic heterocycles. The van der Waals surface area contributed by atoms with Crippen molar-refractivity contribution >= 4 is 11.6 Å². The van der Waals surface area contributed by atoms with E-state index in [1.165, 1.54) is 0 Å². The third-order valence-corrected chi connectivity index (χ3v) is 4.31. The summed E-state index contributed by atoms with van der Waals surface area (Å²) in [6.07, 6.45) is 1.69. The molecule has 0 radical (unpaired) electrons. The molecular formula is C16H22N2O3. The first kappa shape index (κ1) is 14.5. The Balaban J connectivity index is 1.52. The Morgan fingerprint density at radius 3 is 2.43 bits per heavy atom. The average Bonchev–Trinajstić information content (AvgIpc) is 2.98. The van der Waals surface area contributed by atoms with Crippen LogP contribution in [-0.2, 0) is 14.3 Å². The molecule has 2 aliphatic rings. The fraction of sp³-hybridized carbons (Fsp3) is 0.562. The molecule has 2 fully saturated rings. The molecule has 0 saturated carbocycles. The van der Waals surface area contributed by atoms with E-state index in [4.69, 9.17) is 9.47 Å². The number of piperidine rings is 1. The highest BCUT2D eigenvalue weighted by molar-refractivity contribution is 5.94. The molecule has 0 atom stereocenters. The van der Waals surface area contributed by atoms with E-state index in [2.05, 4.69) is 4.90 Å². The van der Waals surface area contributed by atoms with Crippen molar-refractivity contribution in [2.75, 3.05) is 44.8 Å². The number of carbonyl (C=O) groups excluding carboxylic acids is 1. The molecule has 3 rings (SSSR count). The number of benzene rings is 1. The lowest BCUT2D eigenvalue weighted by Gasteiger charge is -2.37. The van der Waals surface area contributed by atoms with Crippen LogP contribution in [0.4, 0.5) is 5.69 Å². The molecule has 2 saturated heterocycles. The van der Waals surface area contributed by atoms with Gasteiger partial charge < -0.3 is 14.4 Å². The molecule has 0 bridgehead atoms. The molecule has 5 nitrogen and oxygen atoms in total. The molecule has 21 heavy (non-hydrogen) atoms. The van der Waals surface area contributed by atoms with Crippen LogP contribution in [0.3, 0.4) is 0 Å². The van der Waals surface area contributed by atoms with Crippen molar-refractivity contribution in [2.24, 2.45) is 0 Å². The Hall–Kier alpha value is -1.43. The molecule has 5 heteroatoms. The lowest BCUT2D eigenvalue weighted by Crippen LogP contribution is -2.48. The van der Waals surface area contributed by atoms with E-state index in [-0.39, 0.29) is 11.7 Å². The third-order valence-electron chi connectivity index (χ3n) is 4.31. The van der Waals surface area contributed by atoms with E-state index in [1.54, 1.807) is 4.90 Å². The number of para-hydroxylation sites is 1. The van der Waals surface area contributed by atoms with Gasteiger partial charge in [0.25, 0.3) is 0 Å². The summed E-state index contributed by atoms with van der Waals surface area (Å²) in [6, 6.07) is 9.73. The van der Waals surface area contributed by atoms with Crippen LogP contribution in [-0.4, -0.2) is 56.5 Å². The predicted molar refractivity (Wildman–Crippen MR) is 80.2 cm³/mol. The summed E-state index contributed by atoms with van der Waals surface area (Å²) in [5, 5.41) is 0. The maximum atomic E-state index is 12.3. The number of anilines is 1. The zero-order valence-corrected chi connectivity index (χ0v) is 12.5. The van der Waals surface area contributed by atoms with Crippen LogP contribution in [0.5, 0.6) is 0 Å². The van der Waals surface area contributed by atoms with Crippen molar-refractivity contribution in [3.05, 3.63) is 30.3 Å². The van der Waals surface area contributed by atoms with Gasteiger partial charge in [-0.25, -0.2) is 0 Å². The molecule has 1 aromatic carbocycles. The van der Waals surface area contributed by atoms with Crippen LogP contribution in [0.1, 0.15) is 12.8 Å². The standard InChI is InChI=1S/C16H22N2O3/c1-17(14-5-3-2-4-6-14)15(19)13-18-9-7-16(8-10-18)20-11-12-21-16/h2-6H,7-13H2,1H3. The minimum Gasteiger partial charge on any atom is -0.347 e. The van der Waals surface area contributed by atoms with Crippen LogP contribution in [0.25, 0.3) is 0 Å². The number of carbonyl (C=O) groups is 1. The summed E-state index contributed by atoms with van der Waals surface area (Å²) in [5.74, 6) is -0.254. The SMILES string of the molecule is CN(C(=O)CN1CCC2(CC1)OCCO2)c1ccccc1. The smallest absolute Gasteiger partial charge is 0.240 e. The second kappa shape index (κ2) is 6.13. The number of hydrogen-bond donors (Lipinski definition) is 0. The third kappa shape index (κ3) is 3.26. The van der Waals surface area contributed by atoms with Crippen LogP contribution >= 0.6 is 0 Å². The minimum absolute atomic E-state index is 0.116. The Morgan fingerprint density at radius 1 is 1.19 bits per heavy atom. The molecule has 2 aliphatic heterocycles. The lowest BCUT2D eigenvalue weighted by molar-refractivity contribution is -0.185. The van der Waals surface area contributed by atoms with Gasteiger partial charge >= 0.3 is 0 Å². The molecule has 0 aliphatic carbocycles. The predicted octanol–water partition coefficient (Wildman–Crippen LogP) is 1.49. The Morgan fingerprint density at radius 2 is 1.81 bits per heavy atom. The van der Waals surface area contributed by atoms with Crippen molar-refractivity contribution in [3.8, 4) is 0 Å². The number of likely N-dealkylation sites (tertiary alicyclic amines) is 1. The second-order valence-corrected chi connectivity index (χ2v) is 5.67. The first-order valence-electron chi connectivity index (χ1n) is 7.50. The van der Waals surface area contributed by atoms with Crippen LogP contribution in [0.15, 0.2) is 30.3 Å². The first-order chi connectivity index (χ1) is 10.2. The Kier molecular flexibility index (Phi) is 4.24. The van der Waals surface area contributed by atoms with Gasteiger partial charge in [-0.1, -0.05) is 18.2 Å². The van der Waals surface area contributed by atoms with Crippen LogP contribution < -0.4 is 4.90 Å². The van der Waals surface area contributed by atoms with E-state index >= 15 is 0 Å². The van der Waals surface area contributed by atoms with Crippen molar-refractivity contribution in [1.29, 1.82) is 0 Å². The largest absolute Gasteiger partial charge is 0.347 e. The molecule has 2 heterocycles. The Bertz CT molecular complexity index is 476. The van der Waals surface area contributed by atoms with Gasteiger partial charge in [-0.15, -0.1) is 0 Å².